The van der Waals surface area contributed by atoms with Crippen LogP contribution in [0.2, 0.25) is 0 Å². The van der Waals surface area contributed by atoms with Crippen LogP contribution in [-0.4, -0.2) is 32.8 Å². The van der Waals surface area contributed by atoms with Gasteiger partial charge in [-0.1, -0.05) is 13.0 Å². The second-order valence-corrected chi connectivity index (χ2v) is 6.39. The summed E-state index contributed by atoms with van der Waals surface area (Å²) in [4.78, 5) is 4.24. The van der Waals surface area contributed by atoms with Crippen LogP contribution < -0.4 is 20.1 Å². The highest BCUT2D eigenvalue weighted by Gasteiger charge is 2.19. The first kappa shape index (κ1) is 19.3. The topological polar surface area (TPSA) is 54.9 Å². The Kier molecular flexibility index (Phi) is 7.28. The van der Waals surface area contributed by atoms with E-state index in [0.29, 0.717) is 18.5 Å². The zero-order chi connectivity index (χ0) is 18.2. The summed E-state index contributed by atoms with van der Waals surface area (Å²) in [6.45, 7) is -0.154. The van der Waals surface area contributed by atoms with E-state index in [1.54, 1.807) is 25.2 Å². The molecule has 1 aromatic rings. The van der Waals surface area contributed by atoms with E-state index in [1.165, 1.54) is 20.0 Å². The van der Waals surface area contributed by atoms with Crippen molar-refractivity contribution in [2.75, 3.05) is 14.2 Å². The molecule has 140 valence electrons. The molecule has 0 spiro atoms. The molecule has 0 aliphatic heterocycles. The fraction of sp³-hybridized carbons (Fsp3) is 0.611. The highest BCUT2D eigenvalue weighted by Crippen LogP contribution is 2.29. The Morgan fingerprint density at radius 1 is 1.24 bits per heavy atom. The molecule has 7 heteroatoms. The number of methoxy groups -OCH3 is 1. The predicted octanol–water partition coefficient (Wildman–Crippen LogP) is 3.54. The quantitative estimate of drug-likeness (QED) is 0.605. The number of rotatable bonds is 6. The summed E-state index contributed by atoms with van der Waals surface area (Å²) >= 11 is 0. The number of ether oxygens (including phenoxy) is 2. The van der Waals surface area contributed by atoms with Crippen molar-refractivity contribution in [1.29, 1.82) is 0 Å². The maximum atomic E-state index is 12.5. The Bertz CT molecular complexity index is 573. The molecule has 0 amide bonds. The average molecular weight is 355 g/mol. The normalized spacial score (nSPS) is 21.1. The van der Waals surface area contributed by atoms with Crippen LogP contribution in [0.1, 0.15) is 38.2 Å². The van der Waals surface area contributed by atoms with Gasteiger partial charge >= 0.3 is 6.61 Å². The lowest BCUT2D eigenvalue weighted by Gasteiger charge is -2.28. The van der Waals surface area contributed by atoms with Crippen LogP contribution in [0.5, 0.6) is 11.5 Å². The van der Waals surface area contributed by atoms with Crippen molar-refractivity contribution in [2.24, 2.45) is 10.9 Å². The van der Waals surface area contributed by atoms with E-state index in [4.69, 9.17) is 4.74 Å². The van der Waals surface area contributed by atoms with E-state index in [2.05, 4.69) is 27.3 Å². The van der Waals surface area contributed by atoms with E-state index >= 15 is 0 Å². The summed E-state index contributed by atoms with van der Waals surface area (Å²) in [6.07, 6.45) is 4.72. The molecule has 2 rings (SSSR count). The minimum Gasteiger partial charge on any atom is -0.493 e. The first-order chi connectivity index (χ1) is 12.0. The van der Waals surface area contributed by atoms with Crippen LogP contribution >= 0.6 is 0 Å². The molecule has 0 atom stereocenters. The van der Waals surface area contributed by atoms with Crippen LogP contribution in [-0.2, 0) is 6.54 Å². The SMILES string of the molecule is CN=C(NCc1ccc(OC)c(OC(F)F)c1)NC1CCC(C)CC1. The van der Waals surface area contributed by atoms with Crippen LogP contribution in [0.15, 0.2) is 23.2 Å². The third-order valence-corrected chi connectivity index (χ3v) is 4.48. The van der Waals surface area contributed by atoms with Gasteiger partial charge in [0.05, 0.1) is 7.11 Å². The maximum absolute atomic E-state index is 12.5. The van der Waals surface area contributed by atoms with E-state index in [1.807, 2.05) is 0 Å². The molecule has 1 fully saturated rings. The Balaban J connectivity index is 1.92. The summed E-state index contributed by atoms with van der Waals surface area (Å²) in [7, 11) is 3.14. The zero-order valence-corrected chi connectivity index (χ0v) is 15.0. The lowest BCUT2D eigenvalue weighted by molar-refractivity contribution is -0.0512. The number of alkyl halides is 2. The summed E-state index contributed by atoms with van der Waals surface area (Å²) in [5.41, 5.74) is 0.802. The number of hydrogen-bond acceptors (Lipinski definition) is 3. The molecule has 0 unspecified atom stereocenters. The van der Waals surface area contributed by atoms with Crippen molar-refractivity contribution in [3.8, 4) is 11.5 Å². The average Bonchev–Trinajstić information content (AvgIpc) is 2.60. The van der Waals surface area contributed by atoms with Gasteiger partial charge in [-0.05, 0) is 49.3 Å². The Morgan fingerprint density at radius 2 is 1.96 bits per heavy atom. The Morgan fingerprint density at radius 3 is 2.56 bits per heavy atom. The predicted molar refractivity (Wildman–Crippen MR) is 94.4 cm³/mol. The molecule has 5 nitrogen and oxygen atoms in total. The maximum Gasteiger partial charge on any atom is 0.387 e. The van der Waals surface area contributed by atoms with Crippen LogP contribution in [0.25, 0.3) is 0 Å². The largest absolute Gasteiger partial charge is 0.493 e. The van der Waals surface area contributed by atoms with Gasteiger partial charge < -0.3 is 20.1 Å². The minimum absolute atomic E-state index is 0.0287. The number of nitrogens with one attached hydrogen (secondary N) is 2. The fourth-order valence-corrected chi connectivity index (χ4v) is 3.00. The zero-order valence-electron chi connectivity index (χ0n) is 15.0. The third kappa shape index (κ3) is 6.07. The molecule has 1 aliphatic rings. The number of aliphatic imine (C=N–C) groups is 1. The first-order valence-corrected chi connectivity index (χ1v) is 8.60. The molecule has 1 aliphatic carbocycles. The number of guanidine groups is 1. The van der Waals surface area contributed by atoms with Crippen molar-refractivity contribution < 1.29 is 18.3 Å². The van der Waals surface area contributed by atoms with Crippen LogP contribution in [0.4, 0.5) is 8.78 Å². The summed E-state index contributed by atoms with van der Waals surface area (Å²) in [5, 5.41) is 6.65. The molecule has 1 aromatic carbocycles. The van der Waals surface area contributed by atoms with Crippen molar-refractivity contribution in [1.82, 2.24) is 10.6 Å². The molecule has 25 heavy (non-hydrogen) atoms. The van der Waals surface area contributed by atoms with Crippen molar-refractivity contribution >= 4 is 5.96 Å². The molecule has 0 heterocycles. The smallest absolute Gasteiger partial charge is 0.387 e. The van der Waals surface area contributed by atoms with Gasteiger partial charge in [-0.15, -0.1) is 0 Å². The molecule has 0 radical (unpaired) electrons. The molecule has 0 bridgehead atoms. The highest BCUT2D eigenvalue weighted by molar-refractivity contribution is 5.80. The first-order valence-electron chi connectivity index (χ1n) is 8.60. The van der Waals surface area contributed by atoms with Gasteiger partial charge in [0.15, 0.2) is 17.5 Å². The molecular formula is C18H27F2N3O2. The molecule has 2 N–H and O–H groups in total. The van der Waals surface area contributed by atoms with Crippen LogP contribution in [0.3, 0.4) is 0 Å². The van der Waals surface area contributed by atoms with Crippen molar-refractivity contribution in [3.63, 3.8) is 0 Å². The van der Waals surface area contributed by atoms with E-state index in [-0.39, 0.29) is 11.5 Å². The summed E-state index contributed by atoms with van der Waals surface area (Å²) < 4.78 is 34.6. The number of benzene rings is 1. The molecule has 0 aromatic heterocycles. The van der Waals surface area contributed by atoms with E-state index in [9.17, 15) is 8.78 Å². The van der Waals surface area contributed by atoms with E-state index < -0.39 is 6.61 Å². The molecule has 1 saturated carbocycles. The van der Waals surface area contributed by atoms with Gasteiger partial charge in [0, 0.05) is 19.6 Å². The van der Waals surface area contributed by atoms with Gasteiger partial charge in [-0.3, -0.25) is 4.99 Å². The second-order valence-electron chi connectivity index (χ2n) is 6.39. The third-order valence-electron chi connectivity index (χ3n) is 4.48. The fourth-order valence-electron chi connectivity index (χ4n) is 3.00. The van der Waals surface area contributed by atoms with Gasteiger partial charge in [0.1, 0.15) is 0 Å². The highest BCUT2D eigenvalue weighted by atomic mass is 19.3. The van der Waals surface area contributed by atoms with Crippen molar-refractivity contribution in [2.45, 2.75) is 51.8 Å². The van der Waals surface area contributed by atoms with Gasteiger partial charge in [-0.25, -0.2) is 0 Å². The Labute approximate surface area is 147 Å². The standard InChI is InChI=1S/C18H27F2N3O2/c1-12-4-7-14(8-5-12)23-18(21-2)22-11-13-6-9-15(24-3)16(10-13)25-17(19)20/h6,9-10,12,14,17H,4-5,7-8,11H2,1-3H3,(H2,21,22,23). The number of hydrogen-bond donors (Lipinski definition) is 2. The van der Waals surface area contributed by atoms with Gasteiger partial charge in [0.2, 0.25) is 0 Å². The summed E-state index contributed by atoms with van der Waals surface area (Å²) in [6, 6.07) is 5.40. The molecule has 0 saturated heterocycles. The molecular weight excluding hydrogens is 328 g/mol. The van der Waals surface area contributed by atoms with Gasteiger partial charge in [0.25, 0.3) is 0 Å². The van der Waals surface area contributed by atoms with Crippen LogP contribution in [0, 0.1) is 5.92 Å². The Hall–Kier alpha value is -2.05. The number of nitrogens with zero attached hydrogens (tertiary/aromatic N) is 1. The summed E-state index contributed by atoms with van der Waals surface area (Å²) in [5.74, 6) is 1.82. The van der Waals surface area contributed by atoms with Crippen molar-refractivity contribution in [3.05, 3.63) is 23.8 Å². The van der Waals surface area contributed by atoms with Gasteiger partial charge in [-0.2, -0.15) is 8.78 Å². The monoisotopic (exact) mass is 355 g/mol. The second kappa shape index (κ2) is 9.44. The van der Waals surface area contributed by atoms with E-state index in [0.717, 1.165) is 24.3 Å². The minimum atomic E-state index is -2.89. The lowest BCUT2D eigenvalue weighted by Crippen LogP contribution is -2.44. The number of halogens is 2. The lowest BCUT2D eigenvalue weighted by atomic mass is 9.87.